The molecule has 0 unspecified atom stereocenters. The van der Waals surface area contributed by atoms with Crippen molar-refractivity contribution in [3.8, 4) is 0 Å². The summed E-state index contributed by atoms with van der Waals surface area (Å²) in [7, 11) is 0. The smallest absolute Gasteiger partial charge is 0.341 e. The van der Waals surface area contributed by atoms with Gasteiger partial charge in [-0.25, -0.2) is 9.59 Å². The van der Waals surface area contributed by atoms with E-state index >= 15 is 0 Å². The molecule has 0 radical (unpaired) electrons. The van der Waals surface area contributed by atoms with Crippen LogP contribution < -0.4 is 0 Å². The molecule has 1 aromatic rings. The van der Waals surface area contributed by atoms with Crippen LogP contribution in [0.3, 0.4) is 0 Å². The summed E-state index contributed by atoms with van der Waals surface area (Å²) >= 11 is 0. The number of carbonyl (C=O) groups excluding carboxylic acids is 2. The van der Waals surface area contributed by atoms with Crippen LogP contribution in [0.15, 0.2) is 24.3 Å². The van der Waals surface area contributed by atoms with Crippen LogP contribution in [0.5, 0.6) is 0 Å². The van der Waals surface area contributed by atoms with Gasteiger partial charge in [0.2, 0.25) is 0 Å². The van der Waals surface area contributed by atoms with E-state index < -0.39 is 28.6 Å². The van der Waals surface area contributed by atoms with Crippen LogP contribution in [0.25, 0.3) is 0 Å². The number of hydrogen-bond donors (Lipinski definition) is 0. The van der Waals surface area contributed by atoms with Gasteiger partial charge in [0.05, 0.1) is 11.1 Å². The molecule has 1 spiro atoms. The summed E-state index contributed by atoms with van der Waals surface area (Å²) in [5.41, 5.74) is 0.0502. The van der Waals surface area contributed by atoms with Crippen molar-refractivity contribution in [3.63, 3.8) is 0 Å². The zero-order chi connectivity index (χ0) is 14.8. The van der Waals surface area contributed by atoms with Crippen LogP contribution >= 0.6 is 0 Å². The van der Waals surface area contributed by atoms with E-state index in [9.17, 15) is 9.59 Å². The van der Waals surface area contributed by atoms with Crippen LogP contribution in [0.1, 0.15) is 54.8 Å². The average molecular weight is 274 g/mol. The van der Waals surface area contributed by atoms with Gasteiger partial charge in [0.25, 0.3) is 5.79 Å². The first-order valence-electron chi connectivity index (χ1n) is 6.75. The van der Waals surface area contributed by atoms with Crippen molar-refractivity contribution in [1.82, 2.24) is 0 Å². The van der Waals surface area contributed by atoms with E-state index in [0.29, 0.717) is 11.1 Å². The largest absolute Gasteiger partial charge is 0.418 e. The first-order chi connectivity index (χ1) is 9.19. The summed E-state index contributed by atoms with van der Waals surface area (Å²) in [5.74, 6) is -2.12. The molecule has 4 rings (SSSR count). The minimum absolute atomic E-state index is 0.410. The maximum Gasteiger partial charge on any atom is 0.341 e. The number of hydrogen-bond acceptors (Lipinski definition) is 4. The Morgan fingerprint density at radius 3 is 1.45 bits per heavy atom. The maximum atomic E-state index is 12.3. The van der Waals surface area contributed by atoms with Crippen LogP contribution in [-0.2, 0) is 9.47 Å². The Morgan fingerprint density at radius 1 is 0.800 bits per heavy atom. The minimum atomic E-state index is -1.22. The fourth-order valence-electron chi connectivity index (χ4n) is 3.84. The summed E-state index contributed by atoms with van der Waals surface area (Å²) in [6.45, 7) is 7.81. The third-order valence-corrected chi connectivity index (χ3v) is 4.49. The van der Waals surface area contributed by atoms with Crippen LogP contribution in [0, 0.1) is 10.8 Å². The molecule has 106 valence electrons. The second-order valence-corrected chi connectivity index (χ2v) is 6.92. The zero-order valence-electron chi connectivity index (χ0n) is 12.1. The van der Waals surface area contributed by atoms with Gasteiger partial charge in [-0.3, -0.25) is 0 Å². The summed E-state index contributed by atoms with van der Waals surface area (Å²) < 4.78 is 11.4. The Balaban J connectivity index is 2.14. The Kier molecular flexibility index (Phi) is 2.38. The quantitative estimate of drug-likeness (QED) is 0.682. The highest BCUT2D eigenvalue weighted by molar-refractivity contribution is 5.95. The predicted octanol–water partition coefficient (Wildman–Crippen LogP) is 3.17. The Bertz CT molecular complexity index is 542. The number of ether oxygens (including phenoxy) is 2. The molecule has 1 aliphatic carbocycles. The van der Waals surface area contributed by atoms with E-state index in [2.05, 4.69) is 0 Å². The molecule has 1 aromatic carbocycles. The fourth-order valence-corrected chi connectivity index (χ4v) is 3.84. The highest BCUT2D eigenvalue weighted by atomic mass is 16.7. The van der Waals surface area contributed by atoms with Crippen molar-refractivity contribution in [1.29, 1.82) is 0 Å². The Labute approximate surface area is 118 Å². The topological polar surface area (TPSA) is 52.6 Å². The zero-order valence-corrected chi connectivity index (χ0v) is 12.1. The highest BCUT2D eigenvalue weighted by Crippen LogP contribution is 2.64. The number of rotatable bonds is 0. The number of benzene rings is 1. The van der Waals surface area contributed by atoms with Crippen molar-refractivity contribution in [2.75, 3.05) is 0 Å². The van der Waals surface area contributed by atoms with Crippen LogP contribution in [0.2, 0.25) is 0 Å². The van der Waals surface area contributed by atoms with Gasteiger partial charge in [-0.1, -0.05) is 27.7 Å². The first kappa shape index (κ1) is 13.2. The number of fused-ring (bicyclic) bond motifs is 4. The molecule has 0 amide bonds. The molecule has 0 aromatic heterocycles. The SMILES string of the molecule is CC1(C)CC(C)(C)C12OC(=O)c1ccc(cc1)C(=O)O2. The molecule has 1 saturated carbocycles. The number of carbonyl (C=O) groups is 2. The van der Waals surface area contributed by atoms with Crippen molar-refractivity contribution in [2.45, 2.75) is 39.9 Å². The summed E-state index contributed by atoms with van der Waals surface area (Å²) in [6, 6.07) is 6.38. The molecule has 3 aliphatic rings. The van der Waals surface area contributed by atoms with Gasteiger partial charge in [-0.2, -0.15) is 0 Å². The third-order valence-electron chi connectivity index (χ3n) is 4.49. The van der Waals surface area contributed by atoms with E-state index in [-0.39, 0.29) is 0 Å². The van der Waals surface area contributed by atoms with Crippen molar-refractivity contribution >= 4 is 11.9 Å². The lowest BCUT2D eigenvalue weighted by atomic mass is 9.50. The molecule has 2 aliphatic heterocycles. The molecule has 2 bridgehead atoms. The van der Waals surface area contributed by atoms with Gasteiger partial charge in [-0.05, 0) is 30.7 Å². The van der Waals surface area contributed by atoms with Gasteiger partial charge < -0.3 is 9.47 Å². The van der Waals surface area contributed by atoms with Crippen molar-refractivity contribution < 1.29 is 19.1 Å². The molecule has 20 heavy (non-hydrogen) atoms. The monoisotopic (exact) mass is 274 g/mol. The minimum Gasteiger partial charge on any atom is -0.418 e. The normalized spacial score (nSPS) is 25.0. The summed E-state index contributed by atoms with van der Waals surface area (Å²) in [6.07, 6.45) is 0.812. The molecule has 4 nitrogen and oxygen atoms in total. The second-order valence-electron chi connectivity index (χ2n) is 6.92. The lowest BCUT2D eigenvalue weighted by Gasteiger charge is -2.63. The van der Waals surface area contributed by atoms with Crippen LogP contribution in [0.4, 0.5) is 0 Å². The van der Waals surface area contributed by atoms with E-state index in [0.717, 1.165) is 6.42 Å². The van der Waals surface area contributed by atoms with E-state index in [1.54, 1.807) is 24.3 Å². The van der Waals surface area contributed by atoms with Gasteiger partial charge in [0.15, 0.2) is 0 Å². The van der Waals surface area contributed by atoms with Crippen molar-refractivity contribution in [3.05, 3.63) is 35.4 Å². The van der Waals surface area contributed by atoms with E-state index in [1.807, 2.05) is 27.7 Å². The van der Waals surface area contributed by atoms with Gasteiger partial charge in [0, 0.05) is 10.8 Å². The molecule has 0 N–H and O–H groups in total. The fraction of sp³-hybridized carbons (Fsp3) is 0.500. The first-order valence-corrected chi connectivity index (χ1v) is 6.75. The second kappa shape index (κ2) is 3.62. The Hall–Kier alpha value is -1.84. The molecule has 1 fully saturated rings. The Morgan fingerprint density at radius 2 is 1.15 bits per heavy atom. The van der Waals surface area contributed by atoms with Gasteiger partial charge >= 0.3 is 11.9 Å². The van der Waals surface area contributed by atoms with Crippen molar-refractivity contribution in [2.24, 2.45) is 10.8 Å². The summed E-state index contributed by atoms with van der Waals surface area (Å²) in [5, 5.41) is 0. The highest BCUT2D eigenvalue weighted by Gasteiger charge is 2.72. The lowest BCUT2D eigenvalue weighted by Crippen LogP contribution is -2.70. The van der Waals surface area contributed by atoms with E-state index in [1.165, 1.54) is 0 Å². The molecule has 0 atom stereocenters. The number of esters is 2. The average Bonchev–Trinajstić information content (AvgIpc) is 2.44. The maximum absolute atomic E-state index is 12.3. The molecule has 4 heteroatoms. The molecular formula is C16H18O4. The van der Waals surface area contributed by atoms with Gasteiger partial charge in [0.1, 0.15) is 0 Å². The molecule has 2 heterocycles. The molecular weight excluding hydrogens is 256 g/mol. The predicted molar refractivity (Wildman–Crippen MR) is 72.2 cm³/mol. The van der Waals surface area contributed by atoms with E-state index in [4.69, 9.17) is 9.47 Å². The van der Waals surface area contributed by atoms with Gasteiger partial charge in [-0.15, -0.1) is 0 Å². The summed E-state index contributed by atoms with van der Waals surface area (Å²) in [4.78, 5) is 24.6. The third kappa shape index (κ3) is 1.48. The molecule has 0 saturated heterocycles. The standard InChI is InChI=1S/C16H18O4/c1-14(2)9-15(3,4)16(14)19-12(17)10-5-6-11(8-7-10)13(18)20-16/h5-8H,9H2,1-4H3. The van der Waals surface area contributed by atoms with Crippen LogP contribution in [-0.4, -0.2) is 17.7 Å². The lowest BCUT2D eigenvalue weighted by molar-refractivity contribution is -0.358.